The Bertz CT molecular complexity index is 241. The maximum atomic E-state index is 10.3. The summed E-state index contributed by atoms with van der Waals surface area (Å²) in [5.74, 6) is 1.81. The van der Waals surface area contributed by atoms with Crippen LogP contribution in [0.1, 0.15) is 39.0 Å². The maximum Gasteiger partial charge on any atom is 0.303 e. The molecule has 0 aliphatic carbocycles. The van der Waals surface area contributed by atoms with Gasteiger partial charge in [-0.25, -0.2) is 0 Å². The monoisotopic (exact) mass is 246 g/mol. The smallest absolute Gasteiger partial charge is 0.303 e. The second-order valence-electron chi connectivity index (χ2n) is 3.72. The molecule has 0 saturated carbocycles. The third-order valence-electron chi connectivity index (χ3n) is 2.30. The standard InChI is InChI=1S/C11H18O2S2/c1-9(5-2-3-6-10(12)13)11-14-7-4-8-15-11/h2-8H2,1H3,(H,12,13). The molecule has 1 N–H and O–H groups in total. The van der Waals surface area contributed by atoms with Crippen LogP contribution in [0.3, 0.4) is 0 Å². The Morgan fingerprint density at radius 3 is 2.47 bits per heavy atom. The molecule has 0 atom stereocenters. The molecular formula is C11H18O2S2. The van der Waals surface area contributed by atoms with Crippen LogP contribution in [-0.2, 0) is 4.79 Å². The summed E-state index contributed by atoms with van der Waals surface area (Å²) >= 11 is 3.92. The van der Waals surface area contributed by atoms with Gasteiger partial charge in [0.05, 0.1) is 0 Å². The van der Waals surface area contributed by atoms with Crippen molar-refractivity contribution in [3.63, 3.8) is 0 Å². The lowest BCUT2D eigenvalue weighted by Crippen LogP contribution is -1.96. The Kier molecular flexibility index (Phi) is 6.25. The third kappa shape index (κ3) is 5.52. The number of carbonyl (C=O) groups is 1. The van der Waals surface area contributed by atoms with Gasteiger partial charge in [-0.3, -0.25) is 4.79 Å². The van der Waals surface area contributed by atoms with E-state index in [-0.39, 0.29) is 0 Å². The molecular weight excluding hydrogens is 228 g/mol. The predicted octanol–water partition coefficient (Wildman–Crippen LogP) is 3.73. The van der Waals surface area contributed by atoms with Crippen LogP contribution < -0.4 is 0 Å². The zero-order valence-corrected chi connectivity index (χ0v) is 10.8. The van der Waals surface area contributed by atoms with E-state index in [4.69, 9.17) is 5.11 Å². The number of unbranched alkanes of at least 4 members (excludes halogenated alkanes) is 1. The molecule has 15 heavy (non-hydrogen) atoms. The zero-order chi connectivity index (χ0) is 11.1. The summed E-state index contributed by atoms with van der Waals surface area (Å²) in [5.41, 5.74) is 1.45. The van der Waals surface area contributed by atoms with E-state index < -0.39 is 5.97 Å². The van der Waals surface area contributed by atoms with Crippen LogP contribution in [0.15, 0.2) is 9.81 Å². The predicted molar refractivity (Wildman–Crippen MR) is 68.3 cm³/mol. The van der Waals surface area contributed by atoms with Gasteiger partial charge < -0.3 is 5.11 Å². The minimum absolute atomic E-state index is 0.308. The SMILES string of the molecule is CC(CCCCC(=O)O)=C1SCCCS1. The zero-order valence-electron chi connectivity index (χ0n) is 9.12. The highest BCUT2D eigenvalue weighted by Gasteiger charge is 2.09. The van der Waals surface area contributed by atoms with E-state index in [2.05, 4.69) is 6.92 Å². The molecule has 0 aromatic heterocycles. The molecule has 2 nitrogen and oxygen atoms in total. The molecule has 0 aromatic rings. The fourth-order valence-electron chi connectivity index (χ4n) is 1.45. The van der Waals surface area contributed by atoms with Crippen molar-refractivity contribution in [3.05, 3.63) is 9.81 Å². The highest BCUT2D eigenvalue weighted by atomic mass is 32.2. The first-order valence-corrected chi connectivity index (χ1v) is 7.34. The molecule has 0 radical (unpaired) electrons. The fraction of sp³-hybridized carbons (Fsp3) is 0.727. The van der Waals surface area contributed by atoms with Gasteiger partial charge in [0.2, 0.25) is 0 Å². The van der Waals surface area contributed by atoms with Gasteiger partial charge in [0, 0.05) is 10.7 Å². The lowest BCUT2D eigenvalue weighted by molar-refractivity contribution is -0.137. The first-order chi connectivity index (χ1) is 7.20. The molecule has 0 spiro atoms. The normalized spacial score (nSPS) is 16.5. The fourth-order valence-corrected chi connectivity index (χ4v) is 4.11. The average Bonchev–Trinajstić information content (AvgIpc) is 2.25. The summed E-state index contributed by atoms with van der Waals surface area (Å²) in [6.07, 6.45) is 4.48. The molecule has 0 unspecified atom stereocenters. The summed E-state index contributed by atoms with van der Waals surface area (Å²) < 4.78 is 1.48. The Labute approximate surface area is 99.9 Å². The number of rotatable bonds is 5. The number of aliphatic carboxylic acids is 1. The molecule has 1 saturated heterocycles. The number of thioether (sulfide) groups is 2. The summed E-state index contributed by atoms with van der Waals surface area (Å²) in [4.78, 5) is 10.3. The van der Waals surface area contributed by atoms with Crippen molar-refractivity contribution >= 4 is 29.5 Å². The van der Waals surface area contributed by atoms with E-state index in [0.717, 1.165) is 19.3 Å². The van der Waals surface area contributed by atoms with Crippen molar-refractivity contribution in [3.8, 4) is 0 Å². The van der Waals surface area contributed by atoms with Gasteiger partial charge in [0.1, 0.15) is 0 Å². The van der Waals surface area contributed by atoms with Crippen LogP contribution in [-0.4, -0.2) is 22.6 Å². The minimum atomic E-state index is -0.679. The van der Waals surface area contributed by atoms with Crippen LogP contribution >= 0.6 is 23.5 Å². The van der Waals surface area contributed by atoms with Gasteiger partial charge in [0.15, 0.2) is 0 Å². The van der Waals surface area contributed by atoms with Gasteiger partial charge in [-0.2, -0.15) is 0 Å². The molecule has 0 amide bonds. The van der Waals surface area contributed by atoms with E-state index in [1.165, 1.54) is 27.7 Å². The van der Waals surface area contributed by atoms with Crippen molar-refractivity contribution in [2.75, 3.05) is 11.5 Å². The van der Waals surface area contributed by atoms with Crippen molar-refractivity contribution in [1.82, 2.24) is 0 Å². The lowest BCUT2D eigenvalue weighted by atomic mass is 10.1. The highest BCUT2D eigenvalue weighted by Crippen LogP contribution is 2.38. The van der Waals surface area contributed by atoms with Crippen LogP contribution in [0.2, 0.25) is 0 Å². The van der Waals surface area contributed by atoms with Crippen molar-refractivity contribution in [1.29, 1.82) is 0 Å². The van der Waals surface area contributed by atoms with Gasteiger partial charge in [0.25, 0.3) is 0 Å². The molecule has 0 bridgehead atoms. The number of hydrogen-bond donors (Lipinski definition) is 1. The van der Waals surface area contributed by atoms with Crippen LogP contribution in [0.5, 0.6) is 0 Å². The molecule has 1 fully saturated rings. The summed E-state index contributed by atoms with van der Waals surface area (Å²) in [7, 11) is 0. The van der Waals surface area contributed by atoms with Gasteiger partial charge in [-0.1, -0.05) is 5.57 Å². The molecule has 86 valence electrons. The van der Waals surface area contributed by atoms with E-state index in [1.54, 1.807) is 0 Å². The minimum Gasteiger partial charge on any atom is -0.481 e. The van der Waals surface area contributed by atoms with E-state index in [1.807, 2.05) is 23.5 Å². The molecule has 1 aliphatic heterocycles. The summed E-state index contributed by atoms with van der Waals surface area (Å²) in [6, 6.07) is 0. The molecule has 4 heteroatoms. The number of carboxylic acids is 1. The van der Waals surface area contributed by atoms with Crippen molar-refractivity contribution < 1.29 is 9.90 Å². The van der Waals surface area contributed by atoms with Gasteiger partial charge in [-0.15, -0.1) is 23.5 Å². The highest BCUT2D eigenvalue weighted by molar-refractivity contribution is 8.22. The Hall–Kier alpha value is -0.0900. The largest absolute Gasteiger partial charge is 0.481 e. The van der Waals surface area contributed by atoms with E-state index >= 15 is 0 Å². The van der Waals surface area contributed by atoms with Crippen LogP contribution in [0, 0.1) is 0 Å². The van der Waals surface area contributed by atoms with E-state index in [0.29, 0.717) is 6.42 Å². The second-order valence-corrected chi connectivity index (χ2v) is 6.19. The molecule has 1 aliphatic rings. The van der Waals surface area contributed by atoms with E-state index in [9.17, 15) is 4.79 Å². The first kappa shape index (κ1) is 13.0. The van der Waals surface area contributed by atoms with Crippen LogP contribution in [0.4, 0.5) is 0 Å². The van der Waals surface area contributed by atoms with Crippen molar-refractivity contribution in [2.24, 2.45) is 0 Å². The molecule has 1 heterocycles. The second kappa shape index (κ2) is 7.23. The average molecular weight is 246 g/mol. The number of allylic oxidation sites excluding steroid dienone is 1. The molecule has 1 rings (SSSR count). The first-order valence-electron chi connectivity index (χ1n) is 5.37. The number of hydrogen-bond acceptors (Lipinski definition) is 3. The third-order valence-corrected chi connectivity index (χ3v) is 5.21. The van der Waals surface area contributed by atoms with Gasteiger partial charge in [-0.05, 0) is 44.1 Å². The summed E-state index contributed by atoms with van der Waals surface area (Å²) in [5, 5.41) is 8.51. The maximum absolute atomic E-state index is 10.3. The van der Waals surface area contributed by atoms with Crippen molar-refractivity contribution in [2.45, 2.75) is 39.0 Å². The summed E-state index contributed by atoms with van der Waals surface area (Å²) in [6.45, 7) is 2.18. The number of carboxylic acid groups (broad SMARTS) is 1. The Morgan fingerprint density at radius 2 is 1.87 bits per heavy atom. The van der Waals surface area contributed by atoms with Crippen LogP contribution in [0.25, 0.3) is 0 Å². The Balaban J connectivity index is 2.21. The topological polar surface area (TPSA) is 37.3 Å². The lowest BCUT2D eigenvalue weighted by Gasteiger charge is -2.15. The van der Waals surface area contributed by atoms with Gasteiger partial charge >= 0.3 is 5.97 Å². The quantitative estimate of drug-likeness (QED) is 0.750. The Morgan fingerprint density at radius 1 is 1.27 bits per heavy atom. The molecule has 0 aromatic carbocycles.